The summed E-state index contributed by atoms with van der Waals surface area (Å²) < 4.78 is 5.01. The lowest BCUT2D eigenvalue weighted by Crippen LogP contribution is -2.40. The lowest BCUT2D eigenvalue weighted by Gasteiger charge is -2.27. The summed E-state index contributed by atoms with van der Waals surface area (Å²) >= 11 is 1.72. The van der Waals surface area contributed by atoms with E-state index in [1.807, 2.05) is 10.4 Å². The minimum Gasteiger partial charge on any atom is -0.340 e. The molecule has 1 atom stereocenters. The summed E-state index contributed by atoms with van der Waals surface area (Å²) in [7, 11) is 0. The van der Waals surface area contributed by atoms with Gasteiger partial charge in [0, 0.05) is 44.4 Å². The molecule has 1 aliphatic rings. The van der Waals surface area contributed by atoms with Crippen molar-refractivity contribution in [3.8, 4) is 0 Å². The molecule has 1 saturated heterocycles. The fourth-order valence-electron chi connectivity index (χ4n) is 3.15. The maximum Gasteiger partial charge on any atom is 0.223 e. The molecule has 7 nitrogen and oxygen atoms in total. The average molecular weight is 349 g/mol. The molecule has 1 unspecified atom stereocenters. The lowest BCUT2D eigenvalue weighted by atomic mass is 10.2. The van der Waals surface area contributed by atoms with E-state index < -0.39 is 0 Å². The first kappa shape index (κ1) is 17.0. The number of aromatic nitrogens is 3. The second-order valence-electron chi connectivity index (χ2n) is 6.23. The molecule has 0 N–H and O–H groups in total. The van der Waals surface area contributed by atoms with Gasteiger partial charge in [-0.25, -0.2) is 4.98 Å². The van der Waals surface area contributed by atoms with Gasteiger partial charge in [0.05, 0.1) is 17.7 Å². The highest BCUT2D eigenvalue weighted by Crippen LogP contribution is 2.20. The molecule has 0 aromatic carbocycles. The van der Waals surface area contributed by atoms with Gasteiger partial charge < -0.3 is 14.3 Å². The van der Waals surface area contributed by atoms with Crippen LogP contribution in [0.15, 0.2) is 10.0 Å². The predicted molar refractivity (Wildman–Crippen MR) is 90.7 cm³/mol. The van der Waals surface area contributed by atoms with Crippen LogP contribution >= 0.6 is 11.3 Å². The van der Waals surface area contributed by atoms with E-state index >= 15 is 0 Å². The van der Waals surface area contributed by atoms with Crippen molar-refractivity contribution in [2.45, 2.75) is 46.2 Å². The van der Waals surface area contributed by atoms with Crippen molar-refractivity contribution in [3.05, 3.63) is 27.8 Å². The molecule has 8 heteroatoms. The Morgan fingerprint density at radius 2 is 2.33 bits per heavy atom. The van der Waals surface area contributed by atoms with Crippen LogP contribution in [0.3, 0.4) is 0 Å². The fraction of sp³-hybridized carbons (Fsp3) is 0.625. The van der Waals surface area contributed by atoms with Gasteiger partial charge >= 0.3 is 0 Å². The summed E-state index contributed by atoms with van der Waals surface area (Å²) in [5.41, 5.74) is 3.04. The van der Waals surface area contributed by atoms with E-state index in [0.29, 0.717) is 18.3 Å². The molecule has 2 aromatic rings. The van der Waals surface area contributed by atoms with Crippen molar-refractivity contribution < 1.29 is 9.32 Å². The zero-order chi connectivity index (χ0) is 17.1. The molecule has 0 saturated carbocycles. The predicted octanol–water partition coefficient (Wildman–Crippen LogP) is 1.81. The molecule has 3 heterocycles. The number of thiazole rings is 1. The molecular weight excluding hydrogens is 326 g/mol. The zero-order valence-corrected chi connectivity index (χ0v) is 15.2. The van der Waals surface area contributed by atoms with Gasteiger partial charge in [0.15, 0.2) is 5.82 Å². The SMILES string of the molecule is CC(=O)N(Cc1noc(C)n1)C1CCN(CCc2scnc2C)C1. The monoisotopic (exact) mass is 349 g/mol. The average Bonchev–Trinajstić information content (AvgIpc) is 3.24. The number of rotatable bonds is 6. The number of hydrogen-bond donors (Lipinski definition) is 0. The number of amides is 1. The molecular formula is C16H23N5O2S. The molecule has 3 rings (SSSR count). The van der Waals surface area contributed by atoms with Gasteiger partial charge in [-0.3, -0.25) is 4.79 Å². The first-order valence-electron chi connectivity index (χ1n) is 8.20. The number of likely N-dealkylation sites (tertiary alicyclic amines) is 1. The number of aryl methyl sites for hydroxylation is 2. The molecule has 1 amide bonds. The van der Waals surface area contributed by atoms with Crippen molar-refractivity contribution >= 4 is 17.2 Å². The Hall–Kier alpha value is -1.80. The summed E-state index contributed by atoms with van der Waals surface area (Å²) in [5, 5.41) is 3.91. The second kappa shape index (κ2) is 7.40. The van der Waals surface area contributed by atoms with Crippen molar-refractivity contribution in [3.63, 3.8) is 0 Å². The van der Waals surface area contributed by atoms with Crippen LogP contribution in [0.5, 0.6) is 0 Å². The molecule has 0 radical (unpaired) electrons. The highest BCUT2D eigenvalue weighted by Gasteiger charge is 2.30. The third-order valence-electron chi connectivity index (χ3n) is 4.47. The smallest absolute Gasteiger partial charge is 0.223 e. The van der Waals surface area contributed by atoms with Crippen LogP contribution in [0.2, 0.25) is 0 Å². The summed E-state index contributed by atoms with van der Waals surface area (Å²) in [6.45, 7) is 8.75. The van der Waals surface area contributed by atoms with Crippen molar-refractivity contribution in [2.75, 3.05) is 19.6 Å². The van der Waals surface area contributed by atoms with Gasteiger partial charge in [0.1, 0.15) is 0 Å². The van der Waals surface area contributed by atoms with E-state index in [1.165, 1.54) is 4.88 Å². The lowest BCUT2D eigenvalue weighted by molar-refractivity contribution is -0.131. The van der Waals surface area contributed by atoms with Gasteiger partial charge in [0.2, 0.25) is 11.8 Å². The fourth-order valence-corrected chi connectivity index (χ4v) is 3.92. The number of carbonyl (C=O) groups excluding carboxylic acids is 1. The van der Waals surface area contributed by atoms with Crippen LogP contribution in [0, 0.1) is 13.8 Å². The highest BCUT2D eigenvalue weighted by atomic mass is 32.1. The van der Waals surface area contributed by atoms with E-state index in [1.54, 1.807) is 25.2 Å². The maximum atomic E-state index is 12.1. The summed E-state index contributed by atoms with van der Waals surface area (Å²) in [6, 6.07) is 0.212. The quantitative estimate of drug-likeness (QED) is 0.792. The van der Waals surface area contributed by atoms with Crippen molar-refractivity contribution in [2.24, 2.45) is 0 Å². The Labute approximate surface area is 145 Å². The second-order valence-corrected chi connectivity index (χ2v) is 7.17. The van der Waals surface area contributed by atoms with Gasteiger partial charge in [-0.1, -0.05) is 5.16 Å². The van der Waals surface area contributed by atoms with Crippen LogP contribution in [0.1, 0.15) is 35.6 Å². The van der Waals surface area contributed by atoms with Crippen molar-refractivity contribution in [1.82, 2.24) is 24.9 Å². The van der Waals surface area contributed by atoms with E-state index in [0.717, 1.165) is 38.2 Å². The molecule has 1 fully saturated rings. The van der Waals surface area contributed by atoms with Crippen LogP contribution in [-0.4, -0.2) is 56.5 Å². The minimum absolute atomic E-state index is 0.0580. The molecule has 2 aromatic heterocycles. The first-order chi connectivity index (χ1) is 11.5. The molecule has 0 aliphatic carbocycles. The largest absolute Gasteiger partial charge is 0.340 e. The summed E-state index contributed by atoms with van der Waals surface area (Å²) in [5.74, 6) is 1.16. The maximum absolute atomic E-state index is 12.1. The normalized spacial score (nSPS) is 18.2. The summed E-state index contributed by atoms with van der Waals surface area (Å²) in [4.78, 5) is 26.2. The molecule has 1 aliphatic heterocycles. The number of hydrogen-bond acceptors (Lipinski definition) is 7. The Balaban J connectivity index is 1.55. The van der Waals surface area contributed by atoms with Gasteiger partial charge in [-0.2, -0.15) is 4.98 Å². The first-order valence-corrected chi connectivity index (χ1v) is 9.08. The Bertz CT molecular complexity index is 698. The molecule has 0 bridgehead atoms. The molecule has 130 valence electrons. The topological polar surface area (TPSA) is 75.4 Å². The minimum atomic E-state index is 0.0580. The van der Waals surface area contributed by atoms with Crippen LogP contribution in [-0.2, 0) is 17.8 Å². The van der Waals surface area contributed by atoms with Crippen LogP contribution in [0.4, 0.5) is 0 Å². The van der Waals surface area contributed by atoms with Gasteiger partial charge in [-0.15, -0.1) is 11.3 Å². The zero-order valence-electron chi connectivity index (χ0n) is 14.4. The van der Waals surface area contributed by atoms with Gasteiger partial charge in [-0.05, 0) is 19.8 Å². The van der Waals surface area contributed by atoms with E-state index in [4.69, 9.17) is 4.52 Å². The van der Waals surface area contributed by atoms with Crippen molar-refractivity contribution in [1.29, 1.82) is 0 Å². The Morgan fingerprint density at radius 3 is 2.96 bits per heavy atom. The molecule has 24 heavy (non-hydrogen) atoms. The van der Waals surface area contributed by atoms with Gasteiger partial charge in [0.25, 0.3) is 0 Å². The standard InChI is InChI=1S/C16H23N5O2S/c1-11-15(24-10-17-11)5-7-20-6-4-14(8-20)21(13(3)22)9-16-18-12(2)23-19-16/h10,14H,4-9H2,1-3H3. The van der Waals surface area contributed by atoms with Crippen LogP contribution < -0.4 is 0 Å². The number of carbonyl (C=O) groups is 1. The van der Waals surface area contributed by atoms with E-state index in [9.17, 15) is 4.79 Å². The number of nitrogens with zero attached hydrogens (tertiary/aromatic N) is 5. The molecule has 0 spiro atoms. The Morgan fingerprint density at radius 1 is 1.50 bits per heavy atom. The van der Waals surface area contributed by atoms with Crippen LogP contribution in [0.25, 0.3) is 0 Å². The third-order valence-corrected chi connectivity index (χ3v) is 5.47. The van der Waals surface area contributed by atoms with E-state index in [-0.39, 0.29) is 11.9 Å². The van der Waals surface area contributed by atoms with E-state index in [2.05, 4.69) is 26.9 Å². The highest BCUT2D eigenvalue weighted by molar-refractivity contribution is 7.09. The third kappa shape index (κ3) is 3.99. The summed E-state index contributed by atoms with van der Waals surface area (Å²) in [6.07, 6.45) is 2.01. The Kier molecular flexibility index (Phi) is 5.25.